The van der Waals surface area contributed by atoms with Crippen molar-refractivity contribution >= 4 is 23.8 Å². The molecule has 3 aliphatic rings. The Morgan fingerprint density at radius 2 is 1.79 bits per heavy atom. The third-order valence-electron chi connectivity index (χ3n) is 7.74. The van der Waals surface area contributed by atoms with Gasteiger partial charge in [0, 0.05) is 12.1 Å². The molecule has 0 bridgehead atoms. The number of fused-ring (bicyclic) bond motifs is 1. The third kappa shape index (κ3) is 6.61. The van der Waals surface area contributed by atoms with Crippen LogP contribution in [0.1, 0.15) is 59.1 Å². The van der Waals surface area contributed by atoms with Gasteiger partial charge in [-0.05, 0) is 75.9 Å². The average Bonchev–Trinajstić information content (AvgIpc) is 2.90. The molecular formula is C29H43N5O5. The predicted molar refractivity (Wildman–Crippen MR) is 147 cm³/mol. The lowest BCUT2D eigenvalue weighted by atomic mass is 9.93. The Kier molecular flexibility index (Phi) is 9.27. The van der Waals surface area contributed by atoms with Gasteiger partial charge in [-0.1, -0.05) is 27.7 Å². The lowest BCUT2D eigenvalue weighted by Gasteiger charge is -2.55. The van der Waals surface area contributed by atoms with E-state index in [1.54, 1.807) is 36.4 Å². The summed E-state index contributed by atoms with van der Waals surface area (Å²) in [7, 11) is 3.66. The summed E-state index contributed by atoms with van der Waals surface area (Å²) in [5, 5.41) is 1.33. The lowest BCUT2D eigenvalue weighted by molar-refractivity contribution is -0.275. The zero-order valence-electron chi connectivity index (χ0n) is 24.1. The minimum atomic E-state index is -0.824. The molecule has 10 nitrogen and oxygen atoms in total. The Labute approximate surface area is 231 Å². The summed E-state index contributed by atoms with van der Waals surface area (Å²) in [6.45, 7) is 10.2. The number of rotatable bonds is 8. The Morgan fingerprint density at radius 3 is 2.38 bits per heavy atom. The van der Waals surface area contributed by atoms with Crippen LogP contribution in [0.4, 0.5) is 0 Å². The highest BCUT2D eigenvalue weighted by atomic mass is 16.7. The molecule has 0 unspecified atom stereocenters. The molecule has 10 heteroatoms. The van der Waals surface area contributed by atoms with Gasteiger partial charge in [-0.25, -0.2) is 0 Å². The molecule has 0 spiro atoms. The van der Waals surface area contributed by atoms with Gasteiger partial charge in [0.25, 0.3) is 11.8 Å². The number of nitrogens with zero attached hydrogens (tertiary/aromatic N) is 5. The molecule has 1 aromatic rings. The SMILES string of the molecule is COc1ccc(/C=C/C(=O)N2O[C@H](CC(C)C)C(=O)N3[C@@H]2CN(C2CCN(C)CC2)C(=O)[C@@H]3CC(C)C)nc1. The maximum atomic E-state index is 14.0. The average molecular weight is 542 g/mol. The van der Waals surface area contributed by atoms with E-state index in [1.165, 1.54) is 11.1 Å². The molecule has 0 radical (unpaired) electrons. The maximum absolute atomic E-state index is 14.0. The summed E-state index contributed by atoms with van der Waals surface area (Å²) in [4.78, 5) is 57.7. The summed E-state index contributed by atoms with van der Waals surface area (Å²) in [5.74, 6) is 0.386. The van der Waals surface area contributed by atoms with E-state index in [4.69, 9.17) is 9.57 Å². The van der Waals surface area contributed by atoms with Crippen LogP contribution < -0.4 is 4.74 Å². The number of amides is 3. The van der Waals surface area contributed by atoms with Crippen LogP contribution in [-0.4, -0.2) is 101 Å². The normalized spacial score (nSPS) is 25.2. The molecule has 4 heterocycles. The lowest BCUT2D eigenvalue weighted by Crippen LogP contribution is -2.74. The minimum absolute atomic E-state index is 0.0153. The van der Waals surface area contributed by atoms with Gasteiger partial charge in [-0.15, -0.1) is 0 Å². The number of likely N-dealkylation sites (tertiary alicyclic amines) is 1. The van der Waals surface area contributed by atoms with Crippen LogP contribution in [0.2, 0.25) is 0 Å². The van der Waals surface area contributed by atoms with Crippen molar-refractivity contribution < 1.29 is 24.0 Å². The van der Waals surface area contributed by atoms with Crippen LogP contribution in [0.5, 0.6) is 5.75 Å². The topological polar surface area (TPSA) is 95.5 Å². The second kappa shape index (κ2) is 12.5. The molecule has 3 atom stereocenters. The molecule has 214 valence electrons. The molecule has 3 fully saturated rings. The zero-order chi connectivity index (χ0) is 28.3. The van der Waals surface area contributed by atoms with E-state index in [-0.39, 0.29) is 42.1 Å². The number of ether oxygens (including phenoxy) is 1. The van der Waals surface area contributed by atoms with E-state index in [1.807, 2.05) is 18.7 Å². The number of piperazine rings is 1. The van der Waals surface area contributed by atoms with Gasteiger partial charge in [0.2, 0.25) is 5.91 Å². The molecule has 0 saturated carbocycles. The summed E-state index contributed by atoms with van der Waals surface area (Å²) in [5.41, 5.74) is 0.595. The van der Waals surface area contributed by atoms with E-state index in [0.717, 1.165) is 25.9 Å². The van der Waals surface area contributed by atoms with Crippen molar-refractivity contribution in [2.45, 2.75) is 77.7 Å². The van der Waals surface area contributed by atoms with Crippen molar-refractivity contribution in [2.24, 2.45) is 11.8 Å². The van der Waals surface area contributed by atoms with E-state index in [2.05, 4.69) is 30.8 Å². The summed E-state index contributed by atoms with van der Waals surface area (Å²) in [6.07, 6.45) is 5.83. The number of hydroxylamine groups is 2. The quantitative estimate of drug-likeness (QED) is 0.467. The van der Waals surface area contributed by atoms with Crippen LogP contribution in [0.25, 0.3) is 6.08 Å². The summed E-state index contributed by atoms with van der Waals surface area (Å²) < 4.78 is 5.16. The first kappa shape index (κ1) is 29.0. The first-order valence-electron chi connectivity index (χ1n) is 14.1. The third-order valence-corrected chi connectivity index (χ3v) is 7.74. The van der Waals surface area contributed by atoms with Gasteiger partial charge < -0.3 is 19.4 Å². The van der Waals surface area contributed by atoms with Crippen LogP contribution in [0, 0.1) is 11.8 Å². The largest absolute Gasteiger partial charge is 0.495 e. The van der Waals surface area contributed by atoms with E-state index in [9.17, 15) is 14.4 Å². The molecule has 3 saturated heterocycles. The minimum Gasteiger partial charge on any atom is -0.495 e. The fourth-order valence-corrected chi connectivity index (χ4v) is 5.69. The van der Waals surface area contributed by atoms with Crippen molar-refractivity contribution in [3.63, 3.8) is 0 Å². The zero-order valence-corrected chi connectivity index (χ0v) is 24.1. The van der Waals surface area contributed by atoms with Crippen molar-refractivity contribution in [2.75, 3.05) is 33.8 Å². The number of hydrogen-bond donors (Lipinski definition) is 0. The van der Waals surface area contributed by atoms with Gasteiger partial charge in [0.05, 0.1) is 25.5 Å². The Bertz CT molecular complexity index is 1050. The number of piperidine rings is 1. The highest BCUT2D eigenvalue weighted by molar-refractivity contribution is 5.95. The molecule has 39 heavy (non-hydrogen) atoms. The van der Waals surface area contributed by atoms with E-state index in [0.29, 0.717) is 24.3 Å². The number of pyridine rings is 1. The second-order valence-electron chi connectivity index (χ2n) is 11.7. The fourth-order valence-electron chi connectivity index (χ4n) is 5.69. The van der Waals surface area contributed by atoms with Crippen molar-refractivity contribution in [3.05, 3.63) is 30.1 Å². The van der Waals surface area contributed by atoms with Gasteiger partial charge >= 0.3 is 0 Å². The number of carbonyl (C=O) groups is 3. The van der Waals surface area contributed by atoms with Gasteiger partial charge in [0.1, 0.15) is 11.8 Å². The molecular weight excluding hydrogens is 498 g/mol. The van der Waals surface area contributed by atoms with Crippen LogP contribution >= 0.6 is 0 Å². The summed E-state index contributed by atoms with van der Waals surface area (Å²) >= 11 is 0. The van der Waals surface area contributed by atoms with Gasteiger partial charge in [0.15, 0.2) is 12.3 Å². The molecule has 3 amide bonds. The Morgan fingerprint density at radius 1 is 1.10 bits per heavy atom. The highest BCUT2D eigenvalue weighted by Crippen LogP contribution is 2.34. The van der Waals surface area contributed by atoms with Crippen LogP contribution in [-0.2, 0) is 19.2 Å². The molecule has 0 N–H and O–H groups in total. The Balaban J connectivity index is 1.66. The van der Waals surface area contributed by atoms with E-state index < -0.39 is 18.3 Å². The first-order chi connectivity index (χ1) is 18.6. The highest BCUT2D eigenvalue weighted by Gasteiger charge is 2.53. The molecule has 4 rings (SSSR count). The molecule has 0 aliphatic carbocycles. The maximum Gasteiger partial charge on any atom is 0.272 e. The van der Waals surface area contributed by atoms with Gasteiger partial charge in [-0.3, -0.25) is 24.2 Å². The predicted octanol–water partition coefficient (Wildman–Crippen LogP) is 2.80. The monoisotopic (exact) mass is 541 g/mol. The fraction of sp³-hybridized carbons (Fsp3) is 0.655. The van der Waals surface area contributed by atoms with Crippen molar-refractivity contribution in [1.82, 2.24) is 24.7 Å². The second-order valence-corrected chi connectivity index (χ2v) is 11.7. The van der Waals surface area contributed by atoms with Crippen LogP contribution in [0.15, 0.2) is 24.4 Å². The van der Waals surface area contributed by atoms with Crippen molar-refractivity contribution in [3.8, 4) is 5.75 Å². The summed E-state index contributed by atoms with van der Waals surface area (Å²) in [6, 6.07) is 2.98. The Hall–Kier alpha value is -2.98. The van der Waals surface area contributed by atoms with Gasteiger partial charge in [-0.2, -0.15) is 5.06 Å². The number of hydrogen-bond acceptors (Lipinski definition) is 7. The molecule has 1 aromatic heterocycles. The molecule has 0 aromatic carbocycles. The van der Waals surface area contributed by atoms with Crippen molar-refractivity contribution in [1.29, 1.82) is 0 Å². The molecule has 3 aliphatic heterocycles. The van der Waals surface area contributed by atoms with Crippen LogP contribution in [0.3, 0.4) is 0 Å². The smallest absolute Gasteiger partial charge is 0.272 e. The number of carbonyl (C=O) groups excluding carboxylic acids is 3. The standard InChI is InChI=1S/C29H43N5O5/c1-19(2)15-24-28(36)32(22-11-13-31(5)14-12-22)18-26-33(24)29(37)25(16-20(3)4)39-34(26)27(35)10-8-21-7-9-23(38-6)17-30-21/h7-10,17,19-20,22,24-26H,11-16,18H2,1-6H3/b10-8+/t24-,25+,26-/m0/s1. The number of aromatic nitrogens is 1. The van der Waals surface area contributed by atoms with E-state index >= 15 is 0 Å². The first-order valence-corrected chi connectivity index (χ1v) is 14.1. The number of methoxy groups -OCH3 is 1.